The molecule has 0 aliphatic heterocycles. The van der Waals surface area contributed by atoms with Gasteiger partial charge in [-0.05, 0) is 49.9 Å². The topological polar surface area (TPSA) is 72.2 Å². The van der Waals surface area contributed by atoms with Crippen LogP contribution >= 0.6 is 0 Å². The van der Waals surface area contributed by atoms with Crippen LogP contribution in [-0.2, 0) is 10.0 Å². The fourth-order valence-corrected chi connectivity index (χ4v) is 4.27. The molecular formula is C20H20N2O3S. The van der Waals surface area contributed by atoms with Gasteiger partial charge in [0.2, 0.25) is 0 Å². The van der Waals surface area contributed by atoms with Gasteiger partial charge in [0.25, 0.3) is 10.0 Å². The average Bonchev–Trinajstić information content (AvgIpc) is 3.34. The zero-order valence-electron chi connectivity index (χ0n) is 14.7. The molecule has 1 aliphatic carbocycles. The zero-order valence-corrected chi connectivity index (χ0v) is 15.5. The Bertz CT molecular complexity index is 1070. The van der Waals surface area contributed by atoms with Crippen molar-refractivity contribution in [3.8, 4) is 11.3 Å². The molecule has 0 unspecified atom stereocenters. The van der Waals surface area contributed by atoms with Gasteiger partial charge in [-0.2, -0.15) is 0 Å². The first-order valence-corrected chi connectivity index (χ1v) is 10.1. The minimum Gasteiger partial charge on any atom is -0.440 e. The van der Waals surface area contributed by atoms with Crippen LogP contribution in [0.2, 0.25) is 0 Å². The molecule has 2 aromatic carbocycles. The quantitative estimate of drug-likeness (QED) is 0.712. The molecule has 5 nitrogen and oxygen atoms in total. The number of benzene rings is 2. The van der Waals surface area contributed by atoms with E-state index in [4.69, 9.17) is 4.42 Å². The summed E-state index contributed by atoms with van der Waals surface area (Å²) < 4.78 is 34.3. The Kier molecular flexibility index (Phi) is 4.07. The molecule has 0 atom stereocenters. The largest absolute Gasteiger partial charge is 0.440 e. The van der Waals surface area contributed by atoms with Crippen molar-refractivity contribution in [2.45, 2.75) is 37.5 Å². The Morgan fingerprint density at radius 3 is 2.58 bits per heavy atom. The summed E-state index contributed by atoms with van der Waals surface area (Å²) in [5.41, 5.74) is 2.83. The van der Waals surface area contributed by atoms with Crippen LogP contribution in [0.5, 0.6) is 0 Å². The van der Waals surface area contributed by atoms with Gasteiger partial charge >= 0.3 is 0 Å². The maximum atomic E-state index is 12.9. The first-order valence-electron chi connectivity index (χ1n) is 8.59. The zero-order chi connectivity index (χ0) is 18.3. The van der Waals surface area contributed by atoms with Crippen molar-refractivity contribution >= 4 is 15.7 Å². The van der Waals surface area contributed by atoms with E-state index in [1.54, 1.807) is 31.3 Å². The Labute approximate surface area is 153 Å². The summed E-state index contributed by atoms with van der Waals surface area (Å²) in [6.07, 6.45) is 3.88. The molecule has 0 spiro atoms. The lowest BCUT2D eigenvalue weighted by molar-refractivity contribution is 0.509. The molecule has 26 heavy (non-hydrogen) atoms. The molecule has 4 rings (SSSR count). The third-order valence-corrected chi connectivity index (χ3v) is 6.11. The molecule has 0 saturated heterocycles. The van der Waals surface area contributed by atoms with Crippen LogP contribution in [-0.4, -0.2) is 13.4 Å². The fourth-order valence-electron chi connectivity index (χ4n) is 2.87. The van der Waals surface area contributed by atoms with Crippen molar-refractivity contribution in [2.24, 2.45) is 0 Å². The minimum atomic E-state index is -3.71. The van der Waals surface area contributed by atoms with E-state index in [0.717, 1.165) is 24.3 Å². The van der Waals surface area contributed by atoms with Crippen LogP contribution in [0, 0.1) is 13.8 Å². The molecule has 1 N–H and O–H groups in total. The van der Waals surface area contributed by atoms with Crippen molar-refractivity contribution < 1.29 is 12.8 Å². The van der Waals surface area contributed by atoms with Gasteiger partial charge in [-0.1, -0.05) is 30.3 Å². The molecular weight excluding hydrogens is 348 g/mol. The molecule has 1 saturated carbocycles. The van der Waals surface area contributed by atoms with Crippen LogP contribution in [0.1, 0.15) is 35.8 Å². The molecule has 0 radical (unpaired) electrons. The molecule has 134 valence electrons. The second-order valence-corrected chi connectivity index (χ2v) is 8.39. The highest BCUT2D eigenvalue weighted by Gasteiger charge is 2.29. The summed E-state index contributed by atoms with van der Waals surface area (Å²) in [4.78, 5) is 4.55. The number of sulfonamides is 1. The van der Waals surface area contributed by atoms with Gasteiger partial charge in [0, 0.05) is 11.5 Å². The highest BCUT2D eigenvalue weighted by atomic mass is 32.2. The molecule has 3 aromatic rings. The van der Waals surface area contributed by atoms with Crippen LogP contribution in [0.25, 0.3) is 11.3 Å². The van der Waals surface area contributed by atoms with Gasteiger partial charge in [0.15, 0.2) is 11.7 Å². The van der Waals surface area contributed by atoms with Crippen LogP contribution in [0.3, 0.4) is 0 Å². The number of anilines is 1. The van der Waals surface area contributed by atoms with Crippen molar-refractivity contribution in [3.63, 3.8) is 0 Å². The van der Waals surface area contributed by atoms with Crippen molar-refractivity contribution in [1.29, 1.82) is 0 Å². The van der Waals surface area contributed by atoms with E-state index in [1.807, 2.05) is 31.2 Å². The van der Waals surface area contributed by atoms with Crippen LogP contribution in [0.15, 0.2) is 58.0 Å². The molecule has 1 fully saturated rings. The van der Waals surface area contributed by atoms with Gasteiger partial charge in [-0.3, -0.25) is 4.72 Å². The number of hydrogen-bond donors (Lipinski definition) is 1. The second kappa shape index (κ2) is 6.29. The summed E-state index contributed by atoms with van der Waals surface area (Å²) in [6.45, 7) is 3.65. The molecule has 1 aromatic heterocycles. The molecule has 6 heteroatoms. The summed E-state index contributed by atoms with van der Waals surface area (Å²) >= 11 is 0. The summed E-state index contributed by atoms with van der Waals surface area (Å²) in [6, 6.07) is 12.6. The van der Waals surface area contributed by atoms with Gasteiger partial charge < -0.3 is 4.42 Å². The van der Waals surface area contributed by atoms with Gasteiger partial charge in [-0.25, -0.2) is 13.4 Å². The van der Waals surface area contributed by atoms with E-state index < -0.39 is 10.0 Å². The van der Waals surface area contributed by atoms with E-state index in [-0.39, 0.29) is 4.90 Å². The Morgan fingerprint density at radius 1 is 1.08 bits per heavy atom. The van der Waals surface area contributed by atoms with E-state index in [0.29, 0.717) is 28.5 Å². The highest BCUT2D eigenvalue weighted by molar-refractivity contribution is 7.92. The standard InChI is InChI=1S/C20H20N2O3S/c1-13-5-3-4-6-17(13)22-26(23,24)19-11-16(8-7-14(19)2)18-12-21-20(25-18)15-9-10-15/h3-8,11-12,15,22H,9-10H2,1-2H3. The summed E-state index contributed by atoms with van der Waals surface area (Å²) in [5, 5.41) is 0. The van der Waals surface area contributed by atoms with Gasteiger partial charge in [0.05, 0.1) is 16.8 Å². The Balaban J connectivity index is 1.69. The number of aryl methyl sites for hydroxylation is 2. The Hall–Kier alpha value is -2.60. The summed E-state index contributed by atoms with van der Waals surface area (Å²) in [5.74, 6) is 1.75. The van der Waals surface area contributed by atoms with E-state index in [1.165, 1.54) is 0 Å². The lowest BCUT2D eigenvalue weighted by atomic mass is 10.1. The smallest absolute Gasteiger partial charge is 0.262 e. The number of nitrogens with zero attached hydrogens (tertiary/aromatic N) is 1. The SMILES string of the molecule is Cc1ccccc1NS(=O)(=O)c1cc(-c2cnc(C3CC3)o2)ccc1C. The Morgan fingerprint density at radius 2 is 1.85 bits per heavy atom. The van der Waals surface area contributed by atoms with Gasteiger partial charge in [0.1, 0.15) is 0 Å². The number of rotatable bonds is 5. The first kappa shape index (κ1) is 16.8. The predicted molar refractivity (Wildman–Crippen MR) is 101 cm³/mol. The number of aromatic nitrogens is 1. The minimum absolute atomic E-state index is 0.239. The van der Waals surface area contributed by atoms with Crippen molar-refractivity contribution in [3.05, 3.63) is 65.7 Å². The van der Waals surface area contributed by atoms with Crippen LogP contribution < -0.4 is 4.72 Å². The average molecular weight is 368 g/mol. The number of nitrogens with one attached hydrogen (secondary N) is 1. The monoisotopic (exact) mass is 368 g/mol. The third-order valence-electron chi connectivity index (χ3n) is 4.60. The maximum Gasteiger partial charge on any atom is 0.262 e. The normalized spacial score (nSPS) is 14.4. The molecule has 1 aliphatic rings. The molecule has 1 heterocycles. The van der Waals surface area contributed by atoms with Crippen LogP contribution in [0.4, 0.5) is 5.69 Å². The van der Waals surface area contributed by atoms with E-state index in [9.17, 15) is 8.42 Å². The number of para-hydroxylation sites is 1. The lowest BCUT2D eigenvalue weighted by Crippen LogP contribution is -2.15. The number of hydrogen-bond acceptors (Lipinski definition) is 4. The van der Waals surface area contributed by atoms with Gasteiger partial charge in [-0.15, -0.1) is 0 Å². The summed E-state index contributed by atoms with van der Waals surface area (Å²) in [7, 11) is -3.71. The van der Waals surface area contributed by atoms with E-state index >= 15 is 0 Å². The maximum absolute atomic E-state index is 12.9. The fraction of sp³-hybridized carbons (Fsp3) is 0.250. The van der Waals surface area contributed by atoms with Crippen molar-refractivity contribution in [2.75, 3.05) is 4.72 Å². The molecule has 0 amide bonds. The number of oxazole rings is 1. The lowest BCUT2D eigenvalue weighted by Gasteiger charge is -2.13. The second-order valence-electron chi connectivity index (χ2n) is 6.74. The van der Waals surface area contributed by atoms with Crippen molar-refractivity contribution in [1.82, 2.24) is 4.98 Å². The predicted octanol–water partition coefficient (Wildman–Crippen LogP) is 4.64. The first-order chi connectivity index (χ1) is 12.4. The van der Waals surface area contributed by atoms with E-state index in [2.05, 4.69) is 9.71 Å². The highest BCUT2D eigenvalue weighted by Crippen LogP contribution is 2.40. The molecule has 0 bridgehead atoms. The third kappa shape index (κ3) is 3.24.